The number of pyridine rings is 1. The van der Waals surface area contributed by atoms with Crippen LogP contribution < -0.4 is 5.32 Å². The third-order valence-electron chi connectivity index (χ3n) is 3.03. The van der Waals surface area contributed by atoms with Crippen LogP contribution in [0.15, 0.2) is 22.9 Å². The smallest absolute Gasteiger partial charge is 0.224 e. The number of carbonyl (C=O) groups is 1. The van der Waals surface area contributed by atoms with Gasteiger partial charge in [0.2, 0.25) is 5.91 Å². The SMILES string of the molecule is Cc1c(Br)nc2ccc(NC(=O)CCC(C)C)cn12. The highest BCUT2D eigenvalue weighted by Crippen LogP contribution is 2.19. The zero-order valence-electron chi connectivity index (χ0n) is 11.4. The van der Waals surface area contributed by atoms with Crippen molar-refractivity contribution in [1.82, 2.24) is 9.38 Å². The summed E-state index contributed by atoms with van der Waals surface area (Å²) in [5, 5.41) is 2.92. The number of imidazole rings is 1. The van der Waals surface area contributed by atoms with Gasteiger partial charge in [0.1, 0.15) is 10.3 Å². The molecule has 1 N–H and O–H groups in total. The van der Waals surface area contributed by atoms with Gasteiger partial charge in [-0.2, -0.15) is 0 Å². The molecule has 0 unspecified atom stereocenters. The highest BCUT2D eigenvalue weighted by atomic mass is 79.9. The molecule has 102 valence electrons. The number of hydrogen-bond acceptors (Lipinski definition) is 2. The zero-order chi connectivity index (χ0) is 14.0. The Morgan fingerprint density at radius 1 is 1.47 bits per heavy atom. The predicted octanol–water partition coefficient (Wildman–Crippen LogP) is 3.78. The van der Waals surface area contributed by atoms with Gasteiger partial charge in [-0.05, 0) is 47.3 Å². The lowest BCUT2D eigenvalue weighted by Gasteiger charge is -2.07. The maximum atomic E-state index is 11.8. The van der Waals surface area contributed by atoms with Gasteiger partial charge in [0.25, 0.3) is 0 Å². The minimum Gasteiger partial charge on any atom is -0.325 e. The zero-order valence-corrected chi connectivity index (χ0v) is 13.0. The van der Waals surface area contributed by atoms with Crippen LogP contribution in [0.1, 0.15) is 32.4 Å². The van der Waals surface area contributed by atoms with Crippen LogP contribution in [0.5, 0.6) is 0 Å². The number of aromatic nitrogens is 2. The van der Waals surface area contributed by atoms with Crippen LogP contribution in [0.3, 0.4) is 0 Å². The average molecular weight is 324 g/mol. The fourth-order valence-electron chi connectivity index (χ4n) is 1.85. The Kier molecular flexibility index (Phi) is 4.24. The second kappa shape index (κ2) is 5.74. The maximum absolute atomic E-state index is 11.8. The van der Waals surface area contributed by atoms with E-state index in [2.05, 4.69) is 40.1 Å². The molecule has 0 saturated carbocycles. The molecule has 0 spiro atoms. The number of nitrogens with zero attached hydrogens (tertiary/aromatic N) is 2. The summed E-state index contributed by atoms with van der Waals surface area (Å²) in [6.45, 7) is 6.21. The summed E-state index contributed by atoms with van der Waals surface area (Å²) in [4.78, 5) is 16.2. The second-order valence-electron chi connectivity index (χ2n) is 5.11. The van der Waals surface area contributed by atoms with Crippen molar-refractivity contribution in [3.63, 3.8) is 0 Å². The Labute approximate surface area is 121 Å². The standard InChI is InChI=1S/C14H18BrN3O/c1-9(2)4-7-13(19)16-11-5-6-12-17-14(15)10(3)18(12)8-11/h5-6,8-9H,4,7H2,1-3H3,(H,16,19). The van der Waals surface area contributed by atoms with Crippen molar-refractivity contribution >= 4 is 33.2 Å². The first-order valence-corrected chi connectivity index (χ1v) is 7.20. The molecule has 1 amide bonds. The molecule has 2 aromatic rings. The van der Waals surface area contributed by atoms with Gasteiger partial charge >= 0.3 is 0 Å². The monoisotopic (exact) mass is 323 g/mol. The third kappa shape index (κ3) is 3.35. The van der Waals surface area contributed by atoms with Crippen LogP contribution in [-0.4, -0.2) is 15.3 Å². The lowest BCUT2D eigenvalue weighted by atomic mass is 10.1. The van der Waals surface area contributed by atoms with E-state index in [0.29, 0.717) is 12.3 Å². The first-order chi connectivity index (χ1) is 8.97. The second-order valence-corrected chi connectivity index (χ2v) is 5.87. The Morgan fingerprint density at radius 3 is 2.89 bits per heavy atom. The molecule has 0 aliphatic carbocycles. The predicted molar refractivity (Wildman–Crippen MR) is 80.3 cm³/mol. The molecule has 0 aliphatic heterocycles. The third-order valence-corrected chi connectivity index (χ3v) is 3.78. The van der Waals surface area contributed by atoms with Gasteiger partial charge in [-0.3, -0.25) is 4.79 Å². The van der Waals surface area contributed by atoms with Crippen LogP contribution in [0.2, 0.25) is 0 Å². The summed E-state index contributed by atoms with van der Waals surface area (Å²) in [6, 6.07) is 3.78. The van der Waals surface area contributed by atoms with E-state index in [0.717, 1.165) is 28.1 Å². The van der Waals surface area contributed by atoms with Crippen molar-refractivity contribution in [3.05, 3.63) is 28.6 Å². The van der Waals surface area contributed by atoms with Crippen LogP contribution in [-0.2, 0) is 4.79 Å². The van der Waals surface area contributed by atoms with E-state index in [-0.39, 0.29) is 5.91 Å². The molecule has 2 aromatic heterocycles. The fourth-order valence-corrected chi connectivity index (χ4v) is 2.22. The van der Waals surface area contributed by atoms with Crippen LogP contribution in [0.4, 0.5) is 5.69 Å². The lowest BCUT2D eigenvalue weighted by molar-refractivity contribution is -0.116. The van der Waals surface area contributed by atoms with Crippen molar-refractivity contribution in [3.8, 4) is 0 Å². The molecular weight excluding hydrogens is 306 g/mol. The number of hydrogen-bond donors (Lipinski definition) is 1. The molecule has 19 heavy (non-hydrogen) atoms. The Morgan fingerprint density at radius 2 is 2.21 bits per heavy atom. The number of nitrogens with one attached hydrogen (secondary N) is 1. The summed E-state index contributed by atoms with van der Waals surface area (Å²) in [5.41, 5.74) is 2.69. The highest BCUT2D eigenvalue weighted by Gasteiger charge is 2.08. The first-order valence-electron chi connectivity index (χ1n) is 6.41. The Hall–Kier alpha value is -1.36. The minimum absolute atomic E-state index is 0.0601. The van der Waals surface area contributed by atoms with Crippen LogP contribution >= 0.6 is 15.9 Å². The van der Waals surface area contributed by atoms with Crippen molar-refractivity contribution in [2.75, 3.05) is 5.32 Å². The summed E-state index contributed by atoms with van der Waals surface area (Å²) >= 11 is 3.41. The van der Waals surface area contributed by atoms with Crippen molar-refractivity contribution in [2.24, 2.45) is 5.92 Å². The van der Waals surface area contributed by atoms with Gasteiger partial charge < -0.3 is 9.72 Å². The van der Waals surface area contributed by atoms with E-state index in [1.165, 1.54) is 0 Å². The number of anilines is 1. The van der Waals surface area contributed by atoms with Crippen LogP contribution in [0.25, 0.3) is 5.65 Å². The van der Waals surface area contributed by atoms with Gasteiger partial charge in [-0.1, -0.05) is 13.8 Å². The highest BCUT2D eigenvalue weighted by molar-refractivity contribution is 9.10. The number of fused-ring (bicyclic) bond motifs is 1. The molecule has 0 aliphatic rings. The van der Waals surface area contributed by atoms with Crippen molar-refractivity contribution < 1.29 is 4.79 Å². The van der Waals surface area contributed by atoms with Crippen LogP contribution in [0, 0.1) is 12.8 Å². The van der Waals surface area contributed by atoms with Crippen molar-refractivity contribution in [1.29, 1.82) is 0 Å². The van der Waals surface area contributed by atoms with E-state index in [1.54, 1.807) is 0 Å². The largest absolute Gasteiger partial charge is 0.325 e. The molecule has 0 saturated heterocycles. The number of rotatable bonds is 4. The number of carbonyl (C=O) groups excluding carboxylic acids is 1. The summed E-state index contributed by atoms with van der Waals surface area (Å²) < 4.78 is 2.79. The Bertz CT molecular complexity index is 604. The molecule has 0 bridgehead atoms. The molecule has 4 nitrogen and oxygen atoms in total. The van der Waals surface area contributed by atoms with Gasteiger partial charge in [0, 0.05) is 12.6 Å². The number of halogens is 1. The van der Waals surface area contributed by atoms with E-state index < -0.39 is 0 Å². The van der Waals surface area contributed by atoms with E-state index in [1.807, 2.05) is 29.7 Å². The average Bonchev–Trinajstić information content (AvgIpc) is 2.63. The molecule has 0 radical (unpaired) electrons. The van der Waals surface area contributed by atoms with E-state index in [4.69, 9.17) is 0 Å². The van der Waals surface area contributed by atoms with E-state index >= 15 is 0 Å². The molecule has 2 rings (SSSR count). The Balaban J connectivity index is 2.13. The molecule has 0 aromatic carbocycles. The van der Waals surface area contributed by atoms with E-state index in [9.17, 15) is 4.79 Å². The molecule has 2 heterocycles. The fraction of sp³-hybridized carbons (Fsp3) is 0.429. The van der Waals surface area contributed by atoms with Gasteiger partial charge in [-0.15, -0.1) is 0 Å². The summed E-state index contributed by atoms with van der Waals surface area (Å²) in [6.07, 6.45) is 3.36. The lowest BCUT2D eigenvalue weighted by Crippen LogP contribution is -2.12. The quantitative estimate of drug-likeness (QED) is 0.930. The van der Waals surface area contributed by atoms with Crippen molar-refractivity contribution in [2.45, 2.75) is 33.6 Å². The minimum atomic E-state index is 0.0601. The maximum Gasteiger partial charge on any atom is 0.224 e. The van der Waals surface area contributed by atoms with Gasteiger partial charge in [0.15, 0.2) is 0 Å². The molecule has 0 fully saturated rings. The molecule has 0 atom stereocenters. The van der Waals surface area contributed by atoms with Gasteiger partial charge in [0.05, 0.1) is 11.4 Å². The topological polar surface area (TPSA) is 46.4 Å². The normalized spacial score (nSPS) is 11.2. The molecular formula is C14H18BrN3O. The molecule has 5 heteroatoms. The van der Waals surface area contributed by atoms with Gasteiger partial charge in [-0.25, -0.2) is 4.98 Å². The number of amides is 1. The first kappa shape index (κ1) is 14.1. The number of aryl methyl sites for hydroxylation is 1. The summed E-state index contributed by atoms with van der Waals surface area (Å²) in [5.74, 6) is 0.602. The summed E-state index contributed by atoms with van der Waals surface area (Å²) in [7, 11) is 0.